The number of aliphatic imine (C=N–C) groups is 1. The van der Waals surface area contributed by atoms with Crippen LogP contribution in [0.25, 0.3) is 0 Å². The number of rotatable bonds is 7. The van der Waals surface area contributed by atoms with Crippen LogP contribution in [-0.2, 0) is 14.8 Å². The fourth-order valence-corrected chi connectivity index (χ4v) is 3.35. The molecular weight excluding hydrogens is 380 g/mol. The Morgan fingerprint density at radius 3 is 2.75 bits per heavy atom. The zero-order valence-corrected chi connectivity index (χ0v) is 16.3. The van der Waals surface area contributed by atoms with Crippen LogP contribution in [0, 0.1) is 5.92 Å². The molecule has 0 aliphatic carbocycles. The number of ether oxygens (including phenoxy) is 2. The van der Waals surface area contributed by atoms with Crippen LogP contribution >= 0.6 is 0 Å². The van der Waals surface area contributed by atoms with Crippen molar-refractivity contribution in [3.8, 4) is 5.75 Å². The molecule has 0 saturated heterocycles. The Morgan fingerprint density at radius 2 is 2.00 bits per heavy atom. The minimum absolute atomic E-state index is 0.0468. The fraction of sp³-hybridized carbons (Fsp3) is 0.300. The van der Waals surface area contributed by atoms with Crippen LogP contribution in [-0.4, -0.2) is 33.3 Å². The van der Waals surface area contributed by atoms with Crippen LogP contribution in [0.1, 0.15) is 30.1 Å². The van der Waals surface area contributed by atoms with Gasteiger partial charge in [-0.15, -0.1) is 0 Å². The maximum atomic E-state index is 12.9. The number of hydrogen-bond acceptors (Lipinski definition) is 6. The van der Waals surface area contributed by atoms with E-state index in [9.17, 15) is 13.2 Å². The number of carbonyl (C=O) groups excluding carboxylic acids is 1. The molecular formula is C20H22N2O5S. The van der Waals surface area contributed by atoms with E-state index < -0.39 is 22.2 Å². The average molecular weight is 402 g/mol. The van der Waals surface area contributed by atoms with E-state index in [4.69, 9.17) is 14.6 Å². The minimum atomic E-state index is -3.84. The number of para-hydroxylation sites is 1. The van der Waals surface area contributed by atoms with E-state index >= 15 is 0 Å². The highest BCUT2D eigenvalue weighted by Gasteiger charge is 2.36. The maximum Gasteiger partial charge on any atom is 0.238 e. The van der Waals surface area contributed by atoms with Gasteiger partial charge in [-0.1, -0.05) is 31.5 Å². The highest BCUT2D eigenvalue weighted by molar-refractivity contribution is 7.89. The summed E-state index contributed by atoms with van der Waals surface area (Å²) in [6.07, 6.45) is 2.45. The molecule has 0 fully saturated rings. The summed E-state index contributed by atoms with van der Waals surface area (Å²) in [6, 6.07) is 12.9. The van der Waals surface area contributed by atoms with Gasteiger partial charge in [0, 0.05) is 6.21 Å². The molecule has 148 valence electrons. The molecule has 28 heavy (non-hydrogen) atoms. The van der Waals surface area contributed by atoms with Crippen molar-refractivity contribution in [2.45, 2.75) is 31.0 Å². The van der Waals surface area contributed by atoms with Crippen LogP contribution in [0.5, 0.6) is 5.75 Å². The highest BCUT2D eigenvalue weighted by Crippen LogP contribution is 2.31. The lowest BCUT2D eigenvalue weighted by molar-refractivity contribution is -0.0968. The van der Waals surface area contributed by atoms with E-state index in [-0.39, 0.29) is 10.7 Å². The number of hydrogen-bond donors (Lipinski definition) is 1. The molecule has 2 N–H and O–H groups in total. The number of ketones is 1. The van der Waals surface area contributed by atoms with Crippen molar-refractivity contribution < 1.29 is 22.7 Å². The first-order valence-electron chi connectivity index (χ1n) is 8.98. The van der Waals surface area contributed by atoms with Crippen molar-refractivity contribution in [3.63, 3.8) is 0 Å². The maximum absolute atomic E-state index is 12.9. The van der Waals surface area contributed by atoms with Crippen molar-refractivity contribution in [1.82, 2.24) is 0 Å². The van der Waals surface area contributed by atoms with Crippen molar-refractivity contribution in [2.24, 2.45) is 16.0 Å². The molecule has 0 bridgehead atoms. The number of nitrogens with zero attached hydrogens (tertiary/aromatic N) is 1. The Morgan fingerprint density at radius 1 is 1.21 bits per heavy atom. The van der Waals surface area contributed by atoms with Gasteiger partial charge in [0.05, 0.1) is 22.8 Å². The van der Waals surface area contributed by atoms with Gasteiger partial charge < -0.3 is 9.47 Å². The molecule has 2 atom stereocenters. The molecule has 0 spiro atoms. The quantitative estimate of drug-likeness (QED) is 0.566. The summed E-state index contributed by atoms with van der Waals surface area (Å²) in [6.45, 7) is 2.50. The van der Waals surface area contributed by atoms with E-state index in [1.807, 2.05) is 6.92 Å². The lowest BCUT2D eigenvalue weighted by atomic mass is 9.94. The van der Waals surface area contributed by atoms with Gasteiger partial charge in [-0.2, -0.15) is 0 Å². The van der Waals surface area contributed by atoms with Gasteiger partial charge in [0.15, 0.2) is 5.78 Å². The van der Waals surface area contributed by atoms with Gasteiger partial charge in [0.2, 0.25) is 16.3 Å². The zero-order valence-electron chi connectivity index (χ0n) is 15.4. The van der Waals surface area contributed by atoms with E-state index in [0.29, 0.717) is 23.6 Å². The molecule has 2 aromatic carbocycles. The number of unbranched alkanes of at least 4 members (excludes halogenated alkanes) is 1. The lowest BCUT2D eigenvalue weighted by Gasteiger charge is -2.30. The number of nitrogens with two attached hydrogens (primary N) is 1. The van der Waals surface area contributed by atoms with E-state index in [1.54, 1.807) is 30.3 Å². The predicted octanol–water partition coefficient (Wildman–Crippen LogP) is 3.07. The van der Waals surface area contributed by atoms with Gasteiger partial charge in [-0.05, 0) is 36.8 Å². The number of sulfonamides is 1. The summed E-state index contributed by atoms with van der Waals surface area (Å²) in [5.41, 5.74) is 0.832. The standard InChI is InChI=1S/C20H22N2O5S/c1-2-3-11-26-20-17(19(23)16-9-4-5-10-18(16)27-20)13-22-14-7-6-8-15(12-14)28(21,24)25/h4-10,12-13,17,20H,2-3,11H2,1H3,(H2,21,24,25). The first-order chi connectivity index (χ1) is 13.4. The predicted molar refractivity (Wildman–Crippen MR) is 106 cm³/mol. The topological polar surface area (TPSA) is 108 Å². The molecule has 0 saturated carbocycles. The first kappa shape index (κ1) is 20.2. The minimum Gasteiger partial charge on any atom is -0.463 e. The van der Waals surface area contributed by atoms with Crippen LogP contribution in [0.3, 0.4) is 0 Å². The lowest BCUT2D eigenvalue weighted by Crippen LogP contribution is -2.40. The smallest absolute Gasteiger partial charge is 0.238 e. The number of benzene rings is 2. The van der Waals surface area contributed by atoms with Crippen molar-refractivity contribution in [2.75, 3.05) is 6.61 Å². The number of carbonyl (C=O) groups is 1. The zero-order chi connectivity index (χ0) is 20.1. The van der Waals surface area contributed by atoms with Crippen LogP contribution in [0.2, 0.25) is 0 Å². The summed E-state index contributed by atoms with van der Waals surface area (Å²) < 4.78 is 34.7. The molecule has 3 rings (SSSR count). The summed E-state index contributed by atoms with van der Waals surface area (Å²) in [4.78, 5) is 17.2. The summed E-state index contributed by atoms with van der Waals surface area (Å²) in [5.74, 6) is -0.422. The summed E-state index contributed by atoms with van der Waals surface area (Å²) in [5, 5.41) is 5.16. The second-order valence-corrected chi connectivity index (χ2v) is 7.98. The fourth-order valence-electron chi connectivity index (χ4n) is 2.80. The molecule has 1 aliphatic rings. The number of Topliss-reactive ketones (excluding diaryl/α,β-unsaturated/α-hetero) is 1. The molecule has 2 aromatic rings. The third-order valence-electron chi connectivity index (χ3n) is 4.30. The third kappa shape index (κ3) is 4.64. The van der Waals surface area contributed by atoms with Gasteiger partial charge in [0.1, 0.15) is 11.7 Å². The van der Waals surface area contributed by atoms with Gasteiger partial charge >= 0.3 is 0 Å². The van der Waals surface area contributed by atoms with Crippen molar-refractivity contribution in [1.29, 1.82) is 0 Å². The number of fused-ring (bicyclic) bond motifs is 1. The third-order valence-corrected chi connectivity index (χ3v) is 5.21. The monoisotopic (exact) mass is 402 g/mol. The average Bonchev–Trinajstić information content (AvgIpc) is 2.67. The second-order valence-electron chi connectivity index (χ2n) is 6.42. The molecule has 0 aromatic heterocycles. The van der Waals surface area contributed by atoms with Crippen LogP contribution < -0.4 is 9.88 Å². The summed E-state index contributed by atoms with van der Waals surface area (Å²) >= 11 is 0. The second kappa shape index (κ2) is 8.64. The van der Waals surface area contributed by atoms with Crippen LogP contribution in [0.15, 0.2) is 58.4 Å². The Bertz CT molecular complexity index is 988. The van der Waals surface area contributed by atoms with Gasteiger partial charge in [-0.3, -0.25) is 9.79 Å². The molecule has 8 heteroatoms. The molecule has 0 amide bonds. The summed E-state index contributed by atoms with van der Waals surface area (Å²) in [7, 11) is -3.84. The SMILES string of the molecule is CCCCOC1Oc2ccccc2C(=O)C1C=Nc1cccc(S(N)(=O)=O)c1. The van der Waals surface area contributed by atoms with E-state index in [1.165, 1.54) is 24.4 Å². The van der Waals surface area contributed by atoms with E-state index in [0.717, 1.165) is 12.8 Å². The Hall–Kier alpha value is -2.55. The Labute approximate surface area is 164 Å². The molecule has 0 radical (unpaired) electrons. The van der Waals surface area contributed by atoms with Gasteiger partial charge in [0.25, 0.3) is 0 Å². The molecule has 1 heterocycles. The van der Waals surface area contributed by atoms with Crippen molar-refractivity contribution in [3.05, 3.63) is 54.1 Å². The Kier molecular flexibility index (Phi) is 6.23. The Balaban J connectivity index is 1.88. The van der Waals surface area contributed by atoms with Gasteiger partial charge in [-0.25, -0.2) is 13.6 Å². The highest BCUT2D eigenvalue weighted by atomic mass is 32.2. The largest absolute Gasteiger partial charge is 0.463 e. The number of primary sulfonamides is 1. The van der Waals surface area contributed by atoms with Crippen molar-refractivity contribution >= 4 is 27.7 Å². The molecule has 7 nitrogen and oxygen atoms in total. The van der Waals surface area contributed by atoms with Crippen LogP contribution in [0.4, 0.5) is 5.69 Å². The van der Waals surface area contributed by atoms with E-state index in [2.05, 4.69) is 4.99 Å². The first-order valence-corrected chi connectivity index (χ1v) is 10.5. The molecule has 1 aliphatic heterocycles. The molecule has 2 unspecified atom stereocenters. The normalized spacial score (nSPS) is 19.4.